The Kier molecular flexibility index (Phi) is 6.15. The van der Waals surface area contributed by atoms with E-state index in [1.165, 1.54) is 11.1 Å². The second-order valence-electron chi connectivity index (χ2n) is 7.87. The normalized spacial score (nSPS) is 11.6. The SMILES string of the molecule is CCS(=O)(=O)c1ccc(CNC(=O)c2ccc3c(ccn3Cc3ccccc3C)c2)cc1. The van der Waals surface area contributed by atoms with Crippen LogP contribution in [0.1, 0.15) is 34.0 Å². The molecule has 0 atom stereocenters. The van der Waals surface area contributed by atoms with Crippen LogP contribution in [0.4, 0.5) is 0 Å². The highest BCUT2D eigenvalue weighted by Gasteiger charge is 2.12. The molecule has 0 fully saturated rings. The van der Waals surface area contributed by atoms with Crippen molar-refractivity contribution in [3.05, 3.63) is 101 Å². The van der Waals surface area contributed by atoms with Crippen LogP contribution in [0.5, 0.6) is 0 Å². The molecule has 1 amide bonds. The van der Waals surface area contributed by atoms with E-state index in [9.17, 15) is 13.2 Å². The molecule has 0 aliphatic rings. The molecule has 0 saturated heterocycles. The standard InChI is InChI=1S/C26H26N2O3S/c1-3-32(30,31)24-11-8-20(9-12-24)17-27-26(29)22-10-13-25-21(16-22)14-15-28(25)18-23-7-5-4-6-19(23)2/h4-16H,3,17-18H2,1-2H3,(H,27,29). The Morgan fingerprint density at radius 2 is 1.72 bits per heavy atom. The van der Waals surface area contributed by atoms with Gasteiger partial charge in [0.1, 0.15) is 0 Å². The number of rotatable bonds is 7. The van der Waals surface area contributed by atoms with Crippen LogP contribution in [0.25, 0.3) is 10.9 Å². The van der Waals surface area contributed by atoms with Crippen molar-refractivity contribution in [1.29, 1.82) is 0 Å². The number of aromatic nitrogens is 1. The molecule has 3 aromatic carbocycles. The molecule has 5 nitrogen and oxygen atoms in total. The van der Waals surface area contributed by atoms with Crippen LogP contribution in [0.2, 0.25) is 0 Å². The van der Waals surface area contributed by atoms with E-state index in [0.29, 0.717) is 17.0 Å². The summed E-state index contributed by atoms with van der Waals surface area (Å²) < 4.78 is 26.0. The zero-order valence-corrected chi connectivity index (χ0v) is 19.0. The van der Waals surface area contributed by atoms with Crippen molar-refractivity contribution >= 4 is 26.6 Å². The maximum Gasteiger partial charge on any atom is 0.251 e. The van der Waals surface area contributed by atoms with E-state index < -0.39 is 9.84 Å². The van der Waals surface area contributed by atoms with E-state index in [1.54, 1.807) is 31.2 Å². The molecule has 0 aliphatic carbocycles. The quantitative estimate of drug-likeness (QED) is 0.447. The summed E-state index contributed by atoms with van der Waals surface area (Å²) in [7, 11) is -3.22. The first-order valence-corrected chi connectivity index (χ1v) is 12.3. The number of aryl methyl sites for hydroxylation is 1. The van der Waals surface area contributed by atoms with Crippen LogP contribution in [0, 0.1) is 6.92 Å². The molecule has 164 valence electrons. The van der Waals surface area contributed by atoms with Gasteiger partial charge >= 0.3 is 0 Å². The summed E-state index contributed by atoms with van der Waals surface area (Å²) in [5, 5.41) is 3.93. The molecule has 4 rings (SSSR count). The highest BCUT2D eigenvalue weighted by Crippen LogP contribution is 2.20. The molecule has 6 heteroatoms. The largest absolute Gasteiger partial charge is 0.348 e. The molecule has 1 N–H and O–H groups in total. The molecule has 0 spiro atoms. The van der Waals surface area contributed by atoms with Crippen LogP contribution in [-0.2, 0) is 22.9 Å². The van der Waals surface area contributed by atoms with Gasteiger partial charge in [-0.05, 0) is 60.0 Å². The Morgan fingerprint density at radius 3 is 2.44 bits per heavy atom. The highest BCUT2D eigenvalue weighted by atomic mass is 32.2. The fraction of sp³-hybridized carbons (Fsp3) is 0.192. The van der Waals surface area contributed by atoms with Crippen molar-refractivity contribution < 1.29 is 13.2 Å². The third kappa shape index (κ3) is 4.60. The number of benzene rings is 3. The number of hydrogen-bond donors (Lipinski definition) is 1. The van der Waals surface area contributed by atoms with Crippen LogP contribution >= 0.6 is 0 Å². The summed E-state index contributed by atoms with van der Waals surface area (Å²) in [6.07, 6.45) is 2.05. The second kappa shape index (κ2) is 9.01. The van der Waals surface area contributed by atoms with Crippen molar-refractivity contribution in [2.75, 3.05) is 5.75 Å². The van der Waals surface area contributed by atoms with Gasteiger partial charge in [0, 0.05) is 35.8 Å². The maximum absolute atomic E-state index is 12.7. The molecule has 32 heavy (non-hydrogen) atoms. The zero-order valence-electron chi connectivity index (χ0n) is 18.2. The average molecular weight is 447 g/mol. The van der Waals surface area contributed by atoms with Gasteiger partial charge in [0.2, 0.25) is 0 Å². The second-order valence-corrected chi connectivity index (χ2v) is 10.2. The lowest BCUT2D eigenvalue weighted by atomic mass is 10.1. The molecule has 0 bridgehead atoms. The van der Waals surface area contributed by atoms with Gasteiger partial charge in [0.25, 0.3) is 5.91 Å². The van der Waals surface area contributed by atoms with Crippen LogP contribution in [-0.4, -0.2) is 24.6 Å². The van der Waals surface area contributed by atoms with E-state index in [4.69, 9.17) is 0 Å². The summed E-state index contributed by atoms with van der Waals surface area (Å²) in [6, 6.07) is 22.7. The lowest BCUT2D eigenvalue weighted by Gasteiger charge is -2.10. The Hall–Kier alpha value is -3.38. The molecule has 1 heterocycles. The summed E-state index contributed by atoms with van der Waals surface area (Å²) in [6.45, 7) is 4.85. The zero-order chi connectivity index (χ0) is 22.7. The summed E-state index contributed by atoms with van der Waals surface area (Å²) >= 11 is 0. The smallest absolute Gasteiger partial charge is 0.251 e. The van der Waals surface area contributed by atoms with Crippen LogP contribution in [0.3, 0.4) is 0 Å². The van der Waals surface area contributed by atoms with E-state index in [0.717, 1.165) is 23.0 Å². The van der Waals surface area contributed by atoms with E-state index in [-0.39, 0.29) is 11.7 Å². The Bertz CT molecular complexity index is 1370. The number of amides is 1. The Balaban J connectivity index is 1.45. The molecule has 1 aromatic heterocycles. The van der Waals surface area contributed by atoms with Crippen molar-refractivity contribution in [2.24, 2.45) is 0 Å². The van der Waals surface area contributed by atoms with Crippen molar-refractivity contribution in [3.8, 4) is 0 Å². The van der Waals surface area contributed by atoms with Crippen molar-refractivity contribution in [3.63, 3.8) is 0 Å². The van der Waals surface area contributed by atoms with Gasteiger partial charge in [-0.25, -0.2) is 8.42 Å². The predicted octanol–water partition coefficient (Wildman–Crippen LogP) is 4.72. The molecule has 0 saturated carbocycles. The van der Waals surface area contributed by atoms with Gasteiger partial charge in [-0.3, -0.25) is 4.79 Å². The van der Waals surface area contributed by atoms with Gasteiger partial charge in [-0.1, -0.05) is 43.3 Å². The third-order valence-corrected chi connectivity index (χ3v) is 7.50. The predicted molar refractivity (Wildman–Crippen MR) is 128 cm³/mol. The number of nitrogens with one attached hydrogen (secondary N) is 1. The first-order chi connectivity index (χ1) is 15.4. The van der Waals surface area contributed by atoms with Gasteiger partial charge in [-0.2, -0.15) is 0 Å². The topological polar surface area (TPSA) is 68.2 Å². The number of nitrogens with zero attached hydrogens (tertiary/aromatic N) is 1. The maximum atomic E-state index is 12.7. The van der Waals surface area contributed by atoms with Crippen LogP contribution in [0.15, 0.2) is 83.9 Å². The molecule has 0 aliphatic heterocycles. The third-order valence-electron chi connectivity index (χ3n) is 5.75. The fourth-order valence-corrected chi connectivity index (χ4v) is 4.60. The number of hydrogen-bond acceptors (Lipinski definition) is 3. The monoisotopic (exact) mass is 446 g/mol. The average Bonchev–Trinajstić information content (AvgIpc) is 3.21. The molecule has 4 aromatic rings. The van der Waals surface area contributed by atoms with Crippen molar-refractivity contribution in [1.82, 2.24) is 9.88 Å². The lowest BCUT2D eigenvalue weighted by Crippen LogP contribution is -2.22. The van der Waals surface area contributed by atoms with Crippen molar-refractivity contribution in [2.45, 2.75) is 31.8 Å². The fourth-order valence-electron chi connectivity index (χ4n) is 3.72. The first-order valence-electron chi connectivity index (χ1n) is 10.6. The molecular weight excluding hydrogens is 420 g/mol. The summed E-state index contributed by atoms with van der Waals surface area (Å²) in [5.74, 6) is -0.0954. The molecule has 0 unspecified atom stereocenters. The highest BCUT2D eigenvalue weighted by molar-refractivity contribution is 7.91. The number of fused-ring (bicyclic) bond motifs is 1. The van der Waals surface area contributed by atoms with E-state index in [2.05, 4.69) is 28.9 Å². The molecular formula is C26H26N2O3S. The van der Waals surface area contributed by atoms with Gasteiger partial charge < -0.3 is 9.88 Å². The van der Waals surface area contributed by atoms with E-state index >= 15 is 0 Å². The Morgan fingerprint density at radius 1 is 0.969 bits per heavy atom. The number of carbonyl (C=O) groups is 1. The lowest BCUT2D eigenvalue weighted by molar-refractivity contribution is 0.0951. The van der Waals surface area contributed by atoms with E-state index in [1.807, 2.05) is 42.6 Å². The first kappa shape index (κ1) is 21.8. The minimum Gasteiger partial charge on any atom is -0.348 e. The summed E-state index contributed by atoms with van der Waals surface area (Å²) in [5.41, 5.74) is 5.04. The van der Waals surface area contributed by atoms with Gasteiger partial charge in [0.05, 0.1) is 10.6 Å². The van der Waals surface area contributed by atoms with Crippen LogP contribution < -0.4 is 5.32 Å². The van der Waals surface area contributed by atoms with Gasteiger partial charge in [-0.15, -0.1) is 0 Å². The van der Waals surface area contributed by atoms with Gasteiger partial charge in [0.15, 0.2) is 9.84 Å². The summed E-state index contributed by atoms with van der Waals surface area (Å²) in [4.78, 5) is 13.0. The minimum absolute atomic E-state index is 0.0677. The minimum atomic E-state index is -3.22. The molecule has 0 radical (unpaired) electrons. The Labute approximate surface area is 188 Å². The number of sulfone groups is 1. The number of carbonyl (C=O) groups excluding carboxylic acids is 1.